The Morgan fingerprint density at radius 3 is 2.82 bits per heavy atom. The van der Waals surface area contributed by atoms with Crippen molar-refractivity contribution in [3.05, 3.63) is 6.20 Å². The smallest absolute Gasteiger partial charge is 0.386 e. The SMILES string of the molecule is N#CN=C(N)CCCn1ncc(NC(N)=NCC(F)(F)F)n1. The van der Waals surface area contributed by atoms with Crippen molar-refractivity contribution in [1.82, 2.24) is 15.0 Å². The summed E-state index contributed by atoms with van der Waals surface area (Å²) in [5, 5.41) is 18.5. The molecule has 1 aromatic heterocycles. The summed E-state index contributed by atoms with van der Waals surface area (Å²) in [7, 11) is 0. The molecule has 0 aliphatic carbocycles. The molecule has 0 fully saturated rings. The number of aryl methyl sites for hydroxylation is 1. The maximum Gasteiger partial charge on any atom is 0.408 e. The summed E-state index contributed by atoms with van der Waals surface area (Å²) in [6.45, 7) is -0.986. The largest absolute Gasteiger partial charge is 0.408 e. The minimum Gasteiger partial charge on any atom is -0.386 e. The van der Waals surface area contributed by atoms with E-state index in [1.807, 2.05) is 0 Å². The molecule has 0 aliphatic rings. The molecule has 0 aliphatic heterocycles. The second-order valence-electron chi connectivity index (χ2n) is 4.07. The van der Waals surface area contributed by atoms with Gasteiger partial charge in [0.2, 0.25) is 6.19 Å². The molecule has 1 heterocycles. The van der Waals surface area contributed by atoms with Crippen LogP contribution in [0.1, 0.15) is 12.8 Å². The van der Waals surface area contributed by atoms with Crippen LogP contribution in [0.2, 0.25) is 0 Å². The van der Waals surface area contributed by atoms with Gasteiger partial charge in [0.25, 0.3) is 0 Å². The lowest BCUT2D eigenvalue weighted by Crippen LogP contribution is -2.25. The number of halogens is 3. The molecule has 1 aromatic rings. The number of anilines is 1. The predicted molar refractivity (Wildman–Crippen MR) is 72.7 cm³/mol. The average molecular weight is 317 g/mol. The second-order valence-corrected chi connectivity index (χ2v) is 4.07. The van der Waals surface area contributed by atoms with Gasteiger partial charge < -0.3 is 16.8 Å². The molecule has 0 saturated carbocycles. The molecule has 0 bridgehead atoms. The summed E-state index contributed by atoms with van der Waals surface area (Å²) in [5.74, 6) is -0.0339. The van der Waals surface area contributed by atoms with E-state index in [0.29, 0.717) is 19.4 Å². The number of nitrogens with zero attached hydrogens (tertiary/aromatic N) is 6. The van der Waals surface area contributed by atoms with Crippen molar-refractivity contribution in [2.45, 2.75) is 25.6 Å². The monoisotopic (exact) mass is 317 g/mol. The molecular weight excluding hydrogens is 303 g/mol. The first-order chi connectivity index (χ1) is 10.3. The highest BCUT2D eigenvalue weighted by Gasteiger charge is 2.26. The number of rotatable bonds is 6. The summed E-state index contributed by atoms with van der Waals surface area (Å²) in [5.41, 5.74) is 10.7. The Labute approximate surface area is 123 Å². The topological polar surface area (TPSA) is 143 Å². The number of hydrogen-bond donors (Lipinski definition) is 3. The normalized spacial score (nSPS) is 13.0. The third kappa shape index (κ3) is 7.08. The Hall–Kier alpha value is -2.84. The molecule has 0 spiro atoms. The highest BCUT2D eigenvalue weighted by molar-refractivity contribution is 5.91. The first kappa shape index (κ1) is 17.2. The number of aromatic nitrogens is 3. The fourth-order valence-corrected chi connectivity index (χ4v) is 1.33. The van der Waals surface area contributed by atoms with E-state index in [4.69, 9.17) is 16.7 Å². The van der Waals surface area contributed by atoms with E-state index >= 15 is 0 Å². The van der Waals surface area contributed by atoms with Gasteiger partial charge in [0.1, 0.15) is 12.4 Å². The molecule has 22 heavy (non-hydrogen) atoms. The molecule has 12 heteroatoms. The zero-order valence-corrected chi connectivity index (χ0v) is 11.4. The van der Waals surface area contributed by atoms with E-state index in [-0.39, 0.29) is 11.7 Å². The maximum atomic E-state index is 12.0. The molecule has 0 unspecified atom stereocenters. The summed E-state index contributed by atoms with van der Waals surface area (Å²) in [6, 6.07) is 0. The number of amidine groups is 1. The quantitative estimate of drug-likeness (QED) is 0.388. The number of nitriles is 1. The number of aliphatic imine (C=N–C) groups is 2. The second kappa shape index (κ2) is 7.81. The van der Waals surface area contributed by atoms with E-state index in [1.165, 1.54) is 11.0 Å². The van der Waals surface area contributed by atoms with Gasteiger partial charge >= 0.3 is 6.18 Å². The fraction of sp³-hybridized carbons (Fsp3) is 0.500. The Morgan fingerprint density at radius 2 is 2.18 bits per heavy atom. The lowest BCUT2D eigenvalue weighted by atomic mass is 10.3. The average Bonchev–Trinajstić information content (AvgIpc) is 2.83. The van der Waals surface area contributed by atoms with E-state index in [9.17, 15) is 13.2 Å². The Kier molecular flexibility index (Phi) is 6.11. The molecule has 5 N–H and O–H groups in total. The van der Waals surface area contributed by atoms with E-state index < -0.39 is 18.7 Å². The highest BCUT2D eigenvalue weighted by Crippen LogP contribution is 2.14. The minimum absolute atomic E-state index is 0.169. The van der Waals surface area contributed by atoms with Crippen molar-refractivity contribution in [1.29, 1.82) is 5.26 Å². The van der Waals surface area contributed by atoms with Gasteiger partial charge in [-0.1, -0.05) is 0 Å². The van der Waals surface area contributed by atoms with E-state index in [1.54, 1.807) is 6.19 Å². The van der Waals surface area contributed by atoms with Gasteiger partial charge in [-0.3, -0.25) is 0 Å². The van der Waals surface area contributed by atoms with Crippen LogP contribution < -0.4 is 16.8 Å². The van der Waals surface area contributed by atoms with Gasteiger partial charge in [0.05, 0.1) is 12.7 Å². The number of alkyl halides is 3. The van der Waals surface area contributed by atoms with Gasteiger partial charge in [-0.25, -0.2) is 4.99 Å². The maximum absolute atomic E-state index is 12.0. The Balaban J connectivity index is 2.44. The van der Waals surface area contributed by atoms with Gasteiger partial charge in [-0.2, -0.15) is 33.3 Å². The molecule has 0 radical (unpaired) electrons. The van der Waals surface area contributed by atoms with Crippen LogP contribution in [0.4, 0.5) is 19.0 Å². The Morgan fingerprint density at radius 1 is 1.45 bits per heavy atom. The highest BCUT2D eigenvalue weighted by atomic mass is 19.4. The van der Waals surface area contributed by atoms with Crippen molar-refractivity contribution in [3.63, 3.8) is 0 Å². The molecular formula is C10H14F3N9. The predicted octanol–water partition coefficient (Wildman–Crippen LogP) is 0.185. The number of nitrogens with two attached hydrogens (primary N) is 2. The number of guanidine groups is 1. The molecule has 0 aromatic carbocycles. The summed E-state index contributed by atoms with van der Waals surface area (Å²) >= 11 is 0. The molecule has 0 atom stereocenters. The van der Waals surface area contributed by atoms with Crippen LogP contribution in [0.3, 0.4) is 0 Å². The standard InChI is InChI=1S/C10H14F3N9/c11-10(12,13)5-17-9(16)20-8-4-19-22(21-8)3-1-2-7(15)18-6-14/h4H,1-3,5H2,(H2,15,18)(H3,16,17,20,21). The zero-order chi connectivity index (χ0) is 16.6. The van der Waals surface area contributed by atoms with Gasteiger partial charge in [0.15, 0.2) is 11.8 Å². The molecule has 120 valence electrons. The minimum atomic E-state index is -4.42. The van der Waals surface area contributed by atoms with Gasteiger partial charge in [0, 0.05) is 6.42 Å². The van der Waals surface area contributed by atoms with Crippen LogP contribution >= 0.6 is 0 Å². The number of hydrogen-bond acceptors (Lipinski definition) is 5. The van der Waals surface area contributed by atoms with Crippen molar-refractivity contribution >= 4 is 17.6 Å². The van der Waals surface area contributed by atoms with Crippen LogP contribution in [0.5, 0.6) is 0 Å². The van der Waals surface area contributed by atoms with Crippen molar-refractivity contribution in [2.75, 3.05) is 11.9 Å². The summed E-state index contributed by atoms with van der Waals surface area (Å²) in [4.78, 5) is 7.78. The van der Waals surface area contributed by atoms with Crippen LogP contribution in [-0.2, 0) is 6.54 Å². The molecule has 0 amide bonds. The number of nitrogens with one attached hydrogen (secondary N) is 1. The lowest BCUT2D eigenvalue weighted by Gasteiger charge is -2.04. The van der Waals surface area contributed by atoms with Crippen LogP contribution in [0.15, 0.2) is 16.2 Å². The molecule has 1 rings (SSSR count). The molecule has 9 nitrogen and oxygen atoms in total. The van der Waals surface area contributed by atoms with Crippen molar-refractivity contribution < 1.29 is 13.2 Å². The molecule has 0 saturated heterocycles. The van der Waals surface area contributed by atoms with Crippen LogP contribution in [-0.4, -0.2) is 39.5 Å². The van der Waals surface area contributed by atoms with E-state index in [2.05, 4.69) is 25.5 Å². The lowest BCUT2D eigenvalue weighted by molar-refractivity contribution is -0.118. The summed E-state index contributed by atoms with van der Waals surface area (Å²) < 4.78 is 35.9. The third-order valence-corrected chi connectivity index (χ3v) is 2.21. The van der Waals surface area contributed by atoms with Crippen LogP contribution in [0.25, 0.3) is 0 Å². The van der Waals surface area contributed by atoms with Crippen molar-refractivity contribution in [3.8, 4) is 6.19 Å². The zero-order valence-electron chi connectivity index (χ0n) is 11.4. The van der Waals surface area contributed by atoms with Gasteiger partial charge in [-0.15, -0.1) is 5.10 Å². The summed E-state index contributed by atoms with van der Waals surface area (Å²) in [6.07, 6.45) is -0.615. The van der Waals surface area contributed by atoms with Gasteiger partial charge in [-0.05, 0) is 6.42 Å². The third-order valence-electron chi connectivity index (χ3n) is 2.21. The van der Waals surface area contributed by atoms with Crippen molar-refractivity contribution in [2.24, 2.45) is 21.5 Å². The first-order valence-electron chi connectivity index (χ1n) is 6.05. The Bertz CT molecular complexity index is 581. The first-order valence-corrected chi connectivity index (χ1v) is 6.05. The van der Waals surface area contributed by atoms with Crippen LogP contribution in [0, 0.1) is 11.5 Å². The fourth-order valence-electron chi connectivity index (χ4n) is 1.33. The van der Waals surface area contributed by atoms with E-state index in [0.717, 1.165) is 0 Å².